The van der Waals surface area contributed by atoms with Crippen LogP contribution in [0.2, 0.25) is 0 Å². The minimum atomic E-state index is -0.404. The lowest BCUT2D eigenvalue weighted by Gasteiger charge is -2.13. The molecule has 2 rings (SSSR count). The zero-order chi connectivity index (χ0) is 15.8. The molecule has 0 amide bonds. The van der Waals surface area contributed by atoms with Crippen molar-refractivity contribution in [3.63, 3.8) is 0 Å². The third-order valence-corrected chi connectivity index (χ3v) is 5.38. The van der Waals surface area contributed by atoms with Gasteiger partial charge in [0.05, 0.1) is 18.0 Å². The Hall–Kier alpha value is -1.45. The summed E-state index contributed by atoms with van der Waals surface area (Å²) in [4.78, 5) is 0. The lowest BCUT2D eigenvalue weighted by atomic mass is 10.0. The number of hydrogen-bond donors (Lipinski definition) is 2. The molecule has 118 valence electrons. The van der Waals surface area contributed by atoms with E-state index in [4.69, 9.17) is 10.5 Å². The normalized spacial score (nSPS) is 19.3. The van der Waals surface area contributed by atoms with Crippen molar-refractivity contribution in [2.45, 2.75) is 41.0 Å². The summed E-state index contributed by atoms with van der Waals surface area (Å²) >= 11 is 0. The van der Waals surface area contributed by atoms with Crippen LogP contribution in [0.1, 0.15) is 41.0 Å². The van der Waals surface area contributed by atoms with E-state index in [2.05, 4.69) is 33.0 Å². The van der Waals surface area contributed by atoms with Gasteiger partial charge >= 0.3 is 0 Å². The fourth-order valence-corrected chi connectivity index (χ4v) is 3.10. The van der Waals surface area contributed by atoms with E-state index < -0.39 is 5.82 Å². The van der Waals surface area contributed by atoms with E-state index in [1.165, 1.54) is 6.07 Å². The molecular weight excluding hydrogens is 267 g/mol. The number of ether oxygens (including phenoxy) is 1. The van der Waals surface area contributed by atoms with E-state index in [-0.39, 0.29) is 5.75 Å². The fourth-order valence-electron chi connectivity index (χ4n) is 3.10. The second-order valence-electron chi connectivity index (χ2n) is 7.10. The molecule has 0 bridgehead atoms. The third kappa shape index (κ3) is 2.81. The smallest absolute Gasteiger partial charge is 0.167 e. The van der Waals surface area contributed by atoms with Crippen molar-refractivity contribution in [2.24, 2.45) is 16.7 Å². The minimum Gasteiger partial charge on any atom is -0.490 e. The third-order valence-electron chi connectivity index (χ3n) is 5.38. The van der Waals surface area contributed by atoms with Crippen LogP contribution in [0.25, 0.3) is 0 Å². The van der Waals surface area contributed by atoms with Crippen LogP contribution in [-0.4, -0.2) is 13.2 Å². The highest BCUT2D eigenvalue weighted by atomic mass is 19.1. The monoisotopic (exact) mass is 294 g/mol. The van der Waals surface area contributed by atoms with Gasteiger partial charge in [-0.15, -0.1) is 0 Å². The van der Waals surface area contributed by atoms with Gasteiger partial charge in [0, 0.05) is 18.7 Å². The SMILES string of the molecule is CCCOc1cc(NCC2C(C)(C)C2(C)C)c(N)cc1F. The lowest BCUT2D eigenvalue weighted by molar-refractivity contribution is 0.301. The highest BCUT2D eigenvalue weighted by molar-refractivity contribution is 5.68. The first-order valence-corrected chi connectivity index (χ1v) is 7.67. The molecule has 4 heteroatoms. The van der Waals surface area contributed by atoms with Crippen LogP contribution in [0.3, 0.4) is 0 Å². The second kappa shape index (κ2) is 5.39. The number of nitrogens with two attached hydrogens (primary N) is 1. The molecule has 0 aromatic heterocycles. The molecule has 0 saturated heterocycles. The Balaban J connectivity index is 2.07. The highest BCUT2D eigenvalue weighted by Crippen LogP contribution is 2.68. The van der Waals surface area contributed by atoms with E-state index in [9.17, 15) is 4.39 Å². The van der Waals surface area contributed by atoms with Crippen LogP contribution in [0.4, 0.5) is 15.8 Å². The Morgan fingerprint density at radius 2 is 1.86 bits per heavy atom. The molecule has 0 spiro atoms. The summed E-state index contributed by atoms with van der Waals surface area (Å²) in [6.07, 6.45) is 0.844. The maximum atomic E-state index is 13.8. The number of nitrogen functional groups attached to an aromatic ring is 1. The summed E-state index contributed by atoms with van der Waals surface area (Å²) in [7, 11) is 0. The number of halogens is 1. The van der Waals surface area contributed by atoms with Crippen LogP contribution in [-0.2, 0) is 0 Å². The molecule has 21 heavy (non-hydrogen) atoms. The van der Waals surface area contributed by atoms with Gasteiger partial charge in [0.1, 0.15) is 0 Å². The first kappa shape index (κ1) is 15.9. The van der Waals surface area contributed by atoms with E-state index in [0.717, 1.165) is 18.7 Å². The molecule has 1 saturated carbocycles. The summed E-state index contributed by atoms with van der Waals surface area (Å²) in [5, 5.41) is 3.36. The second-order valence-corrected chi connectivity index (χ2v) is 7.10. The van der Waals surface area contributed by atoms with Gasteiger partial charge in [0.25, 0.3) is 0 Å². The van der Waals surface area contributed by atoms with Gasteiger partial charge in [-0.2, -0.15) is 0 Å². The van der Waals surface area contributed by atoms with Gasteiger partial charge in [-0.3, -0.25) is 0 Å². The van der Waals surface area contributed by atoms with Crippen LogP contribution in [0.5, 0.6) is 5.75 Å². The average Bonchev–Trinajstić information content (AvgIpc) is 2.78. The van der Waals surface area contributed by atoms with Crippen LogP contribution < -0.4 is 15.8 Å². The molecule has 1 fully saturated rings. The van der Waals surface area contributed by atoms with Gasteiger partial charge in [0.2, 0.25) is 0 Å². The molecule has 3 N–H and O–H groups in total. The number of anilines is 2. The van der Waals surface area contributed by atoms with Gasteiger partial charge in [-0.05, 0) is 23.2 Å². The van der Waals surface area contributed by atoms with E-state index >= 15 is 0 Å². The number of hydrogen-bond acceptors (Lipinski definition) is 3. The summed E-state index contributed by atoms with van der Waals surface area (Å²) in [6, 6.07) is 3.00. The predicted octanol–water partition coefficient (Wildman–Crippen LogP) is 4.29. The number of benzene rings is 1. The summed E-state index contributed by atoms with van der Waals surface area (Å²) in [5.41, 5.74) is 7.71. The summed E-state index contributed by atoms with van der Waals surface area (Å²) in [5.74, 6) is 0.441. The van der Waals surface area contributed by atoms with Crippen molar-refractivity contribution in [3.05, 3.63) is 17.9 Å². The Labute approximate surface area is 127 Å². The van der Waals surface area contributed by atoms with E-state index in [0.29, 0.717) is 29.0 Å². The van der Waals surface area contributed by atoms with Gasteiger partial charge < -0.3 is 15.8 Å². The summed E-state index contributed by atoms with van der Waals surface area (Å²) in [6.45, 7) is 12.5. The van der Waals surface area contributed by atoms with Crippen molar-refractivity contribution in [2.75, 3.05) is 24.2 Å². The minimum absolute atomic E-state index is 0.267. The number of rotatable bonds is 6. The molecule has 1 aromatic rings. The van der Waals surface area contributed by atoms with E-state index in [1.807, 2.05) is 6.92 Å². The molecule has 1 aromatic carbocycles. The summed E-state index contributed by atoms with van der Waals surface area (Å²) < 4.78 is 19.2. The van der Waals surface area contributed by atoms with Crippen molar-refractivity contribution in [1.82, 2.24) is 0 Å². The van der Waals surface area contributed by atoms with Gasteiger partial charge in [-0.25, -0.2) is 4.39 Å². The molecule has 0 aliphatic heterocycles. The molecule has 0 atom stereocenters. The zero-order valence-electron chi connectivity index (χ0n) is 13.7. The predicted molar refractivity (Wildman–Crippen MR) is 86.1 cm³/mol. The molecule has 1 aliphatic carbocycles. The van der Waals surface area contributed by atoms with Gasteiger partial charge in [-0.1, -0.05) is 34.6 Å². The molecule has 1 aliphatic rings. The molecule has 0 radical (unpaired) electrons. The maximum absolute atomic E-state index is 13.8. The highest BCUT2D eigenvalue weighted by Gasteiger charge is 2.64. The van der Waals surface area contributed by atoms with Crippen molar-refractivity contribution in [1.29, 1.82) is 0 Å². The van der Waals surface area contributed by atoms with Crippen molar-refractivity contribution in [3.8, 4) is 5.75 Å². The van der Waals surface area contributed by atoms with Crippen LogP contribution in [0, 0.1) is 22.6 Å². The quantitative estimate of drug-likeness (QED) is 0.769. The molecule has 0 unspecified atom stereocenters. The zero-order valence-corrected chi connectivity index (χ0v) is 13.7. The molecular formula is C17H27FN2O. The first-order valence-electron chi connectivity index (χ1n) is 7.67. The van der Waals surface area contributed by atoms with E-state index in [1.54, 1.807) is 6.07 Å². The average molecular weight is 294 g/mol. The Morgan fingerprint density at radius 3 is 2.38 bits per heavy atom. The first-order chi connectivity index (χ1) is 9.71. The fraction of sp³-hybridized carbons (Fsp3) is 0.647. The topological polar surface area (TPSA) is 47.3 Å². The largest absolute Gasteiger partial charge is 0.490 e. The van der Waals surface area contributed by atoms with Crippen molar-refractivity contribution < 1.29 is 9.13 Å². The van der Waals surface area contributed by atoms with Crippen LogP contribution in [0.15, 0.2) is 12.1 Å². The standard InChI is InChI=1S/C17H27FN2O/c1-6-7-21-14-9-13(12(19)8-11(14)18)20-10-15-16(2,3)17(15,4)5/h8-9,15,20H,6-7,10,19H2,1-5H3. The Morgan fingerprint density at radius 1 is 1.24 bits per heavy atom. The van der Waals surface area contributed by atoms with Crippen LogP contribution >= 0.6 is 0 Å². The van der Waals surface area contributed by atoms with Crippen molar-refractivity contribution >= 4 is 11.4 Å². The maximum Gasteiger partial charge on any atom is 0.167 e. The number of nitrogens with one attached hydrogen (secondary N) is 1. The Bertz CT molecular complexity index is 512. The lowest BCUT2D eigenvalue weighted by Crippen LogP contribution is -2.10. The molecule has 3 nitrogen and oxygen atoms in total. The Kier molecular flexibility index (Phi) is 4.09. The molecule has 0 heterocycles. The van der Waals surface area contributed by atoms with Gasteiger partial charge in [0.15, 0.2) is 11.6 Å².